The molecule has 0 aliphatic carbocycles. The topological polar surface area (TPSA) is 81.4 Å². The molecule has 128 valence electrons. The van der Waals surface area contributed by atoms with E-state index in [4.69, 9.17) is 20.9 Å². The van der Waals surface area contributed by atoms with Crippen LogP contribution in [0.2, 0.25) is 5.02 Å². The van der Waals surface area contributed by atoms with Crippen LogP contribution in [0.1, 0.15) is 48.5 Å². The maximum Gasteiger partial charge on any atom is 0.344 e. The average Bonchev–Trinajstić information content (AvgIpc) is 2.91. The summed E-state index contributed by atoms with van der Waals surface area (Å²) in [5.41, 5.74) is 1.15. The molecule has 2 rings (SSSR count). The van der Waals surface area contributed by atoms with Crippen LogP contribution in [0, 0.1) is 6.92 Å². The van der Waals surface area contributed by atoms with Gasteiger partial charge in [-0.05, 0) is 26.0 Å². The minimum absolute atomic E-state index is 0.0268. The Balaban J connectivity index is 2.08. The van der Waals surface area contributed by atoms with E-state index in [1.807, 2.05) is 13.8 Å². The lowest BCUT2D eigenvalue weighted by Gasteiger charge is -2.14. The number of anilines is 1. The summed E-state index contributed by atoms with van der Waals surface area (Å²) >= 11 is 5.99. The van der Waals surface area contributed by atoms with Crippen LogP contribution in [0.15, 0.2) is 28.8 Å². The number of amides is 1. The molecule has 24 heavy (non-hydrogen) atoms. The number of nitrogens with zero attached hydrogens (tertiary/aromatic N) is 1. The molecule has 0 unspecified atom stereocenters. The van der Waals surface area contributed by atoms with Gasteiger partial charge in [0.05, 0.1) is 16.4 Å². The first-order valence-electron chi connectivity index (χ1n) is 7.53. The van der Waals surface area contributed by atoms with Gasteiger partial charge in [-0.1, -0.05) is 42.7 Å². The number of carbonyl (C=O) groups excluding carboxylic acids is 2. The normalized spacial score (nSPS) is 12.1. The molecule has 0 fully saturated rings. The third-order valence-electron chi connectivity index (χ3n) is 3.40. The highest BCUT2D eigenvalue weighted by Crippen LogP contribution is 2.24. The molecule has 6 nitrogen and oxygen atoms in total. The van der Waals surface area contributed by atoms with Gasteiger partial charge in [0.15, 0.2) is 11.9 Å². The predicted molar refractivity (Wildman–Crippen MR) is 90.3 cm³/mol. The molecule has 1 aromatic heterocycles. The van der Waals surface area contributed by atoms with Crippen LogP contribution in [0.5, 0.6) is 0 Å². The molecule has 0 saturated heterocycles. The van der Waals surface area contributed by atoms with Crippen molar-refractivity contribution in [2.24, 2.45) is 0 Å². The molecule has 0 aliphatic rings. The Bertz CT molecular complexity index is 755. The molecule has 0 saturated carbocycles. The van der Waals surface area contributed by atoms with Crippen molar-refractivity contribution in [3.05, 3.63) is 46.3 Å². The first-order chi connectivity index (χ1) is 11.3. The van der Waals surface area contributed by atoms with Gasteiger partial charge in [-0.3, -0.25) is 4.79 Å². The maximum absolute atomic E-state index is 12.4. The number of nitrogens with one attached hydrogen (secondary N) is 1. The van der Waals surface area contributed by atoms with E-state index < -0.39 is 18.0 Å². The molecule has 0 aliphatic heterocycles. The molecule has 1 heterocycles. The lowest BCUT2D eigenvalue weighted by Crippen LogP contribution is -2.30. The number of carbonyl (C=O) groups is 2. The molecule has 0 spiro atoms. The fraction of sp³-hybridized carbons (Fsp3) is 0.353. The van der Waals surface area contributed by atoms with Gasteiger partial charge >= 0.3 is 5.97 Å². The van der Waals surface area contributed by atoms with Crippen molar-refractivity contribution < 1.29 is 18.8 Å². The van der Waals surface area contributed by atoms with Crippen LogP contribution in [0.4, 0.5) is 5.69 Å². The summed E-state index contributed by atoms with van der Waals surface area (Å²) in [5.74, 6) is -0.701. The van der Waals surface area contributed by atoms with Crippen molar-refractivity contribution in [1.29, 1.82) is 0 Å². The van der Waals surface area contributed by atoms with E-state index >= 15 is 0 Å². The number of aryl methyl sites for hydroxylation is 1. The Morgan fingerprint density at radius 1 is 1.25 bits per heavy atom. The van der Waals surface area contributed by atoms with Gasteiger partial charge in [-0.15, -0.1) is 0 Å². The van der Waals surface area contributed by atoms with Gasteiger partial charge in [0.2, 0.25) is 0 Å². The minimum Gasteiger partial charge on any atom is -0.449 e. The predicted octanol–water partition coefficient (Wildman–Crippen LogP) is 3.94. The molecule has 1 N–H and O–H groups in total. The van der Waals surface area contributed by atoms with Crippen molar-refractivity contribution in [2.75, 3.05) is 5.32 Å². The number of halogens is 1. The van der Waals surface area contributed by atoms with E-state index in [0.29, 0.717) is 22.2 Å². The monoisotopic (exact) mass is 350 g/mol. The Morgan fingerprint density at radius 2 is 1.92 bits per heavy atom. The summed E-state index contributed by atoms with van der Waals surface area (Å²) in [4.78, 5) is 24.5. The number of aromatic nitrogens is 1. The first kappa shape index (κ1) is 18.0. The highest BCUT2D eigenvalue weighted by molar-refractivity contribution is 6.33. The number of benzene rings is 1. The van der Waals surface area contributed by atoms with Crippen molar-refractivity contribution in [1.82, 2.24) is 5.16 Å². The SMILES string of the molecule is Cc1noc(C(C)C)c1C(=O)O[C@@H](C)C(=O)Nc1ccccc1Cl. The van der Waals surface area contributed by atoms with Crippen LogP contribution in [-0.2, 0) is 9.53 Å². The number of para-hydroxylation sites is 1. The molecule has 0 radical (unpaired) electrons. The summed E-state index contributed by atoms with van der Waals surface area (Å²) in [6, 6.07) is 6.82. The molecule has 1 amide bonds. The Hall–Kier alpha value is -2.34. The number of hydrogen-bond acceptors (Lipinski definition) is 5. The number of hydrogen-bond donors (Lipinski definition) is 1. The zero-order valence-corrected chi connectivity index (χ0v) is 14.7. The lowest BCUT2D eigenvalue weighted by molar-refractivity contribution is -0.123. The molecular formula is C17H19ClN2O4. The van der Waals surface area contributed by atoms with Gasteiger partial charge in [0, 0.05) is 5.92 Å². The standard InChI is InChI=1S/C17H19ClN2O4/c1-9(2)15-14(10(3)20-24-15)17(22)23-11(4)16(21)19-13-8-6-5-7-12(13)18/h5-9,11H,1-4H3,(H,19,21)/t11-/m0/s1. The second-order valence-corrected chi connectivity index (χ2v) is 6.09. The largest absolute Gasteiger partial charge is 0.449 e. The number of rotatable bonds is 5. The summed E-state index contributed by atoms with van der Waals surface area (Å²) in [6.45, 7) is 6.90. The summed E-state index contributed by atoms with van der Waals surface area (Å²) in [7, 11) is 0. The van der Waals surface area contributed by atoms with E-state index in [1.165, 1.54) is 6.92 Å². The Morgan fingerprint density at radius 3 is 2.54 bits per heavy atom. The molecule has 2 aromatic rings. The van der Waals surface area contributed by atoms with E-state index in [2.05, 4.69) is 10.5 Å². The Kier molecular flexibility index (Phi) is 5.62. The number of esters is 1. The van der Waals surface area contributed by atoms with Crippen LogP contribution in [-0.4, -0.2) is 23.1 Å². The van der Waals surface area contributed by atoms with E-state index in [-0.39, 0.29) is 11.5 Å². The van der Waals surface area contributed by atoms with Crippen molar-refractivity contribution in [2.45, 2.75) is 39.7 Å². The van der Waals surface area contributed by atoms with Crippen molar-refractivity contribution in [3.8, 4) is 0 Å². The zero-order valence-electron chi connectivity index (χ0n) is 13.9. The molecular weight excluding hydrogens is 332 g/mol. The first-order valence-corrected chi connectivity index (χ1v) is 7.91. The fourth-order valence-electron chi connectivity index (χ4n) is 2.10. The fourth-order valence-corrected chi connectivity index (χ4v) is 2.28. The Labute approximate surface area is 145 Å². The van der Waals surface area contributed by atoms with E-state index in [9.17, 15) is 9.59 Å². The van der Waals surface area contributed by atoms with Crippen LogP contribution >= 0.6 is 11.6 Å². The molecule has 1 atom stereocenters. The van der Waals surface area contributed by atoms with Gasteiger partial charge < -0.3 is 14.6 Å². The maximum atomic E-state index is 12.4. The lowest BCUT2D eigenvalue weighted by atomic mass is 10.1. The average molecular weight is 351 g/mol. The van der Waals surface area contributed by atoms with Crippen LogP contribution in [0.3, 0.4) is 0 Å². The van der Waals surface area contributed by atoms with E-state index in [0.717, 1.165) is 0 Å². The second-order valence-electron chi connectivity index (χ2n) is 5.68. The van der Waals surface area contributed by atoms with Gasteiger partial charge in [-0.25, -0.2) is 4.79 Å². The summed E-state index contributed by atoms with van der Waals surface area (Å²) in [6.07, 6.45) is -0.997. The summed E-state index contributed by atoms with van der Waals surface area (Å²) < 4.78 is 10.4. The van der Waals surface area contributed by atoms with Gasteiger partial charge in [0.25, 0.3) is 5.91 Å². The number of ether oxygens (including phenoxy) is 1. The van der Waals surface area contributed by atoms with Crippen LogP contribution < -0.4 is 5.32 Å². The van der Waals surface area contributed by atoms with Gasteiger partial charge in [-0.2, -0.15) is 0 Å². The zero-order chi connectivity index (χ0) is 17.9. The van der Waals surface area contributed by atoms with E-state index in [1.54, 1.807) is 31.2 Å². The summed E-state index contributed by atoms with van der Waals surface area (Å²) in [5, 5.41) is 6.83. The van der Waals surface area contributed by atoms with Crippen molar-refractivity contribution >= 4 is 29.2 Å². The van der Waals surface area contributed by atoms with Crippen LogP contribution in [0.25, 0.3) is 0 Å². The second kappa shape index (κ2) is 7.49. The molecule has 7 heteroatoms. The van der Waals surface area contributed by atoms with Crippen molar-refractivity contribution in [3.63, 3.8) is 0 Å². The third-order valence-corrected chi connectivity index (χ3v) is 3.73. The highest BCUT2D eigenvalue weighted by Gasteiger charge is 2.27. The smallest absolute Gasteiger partial charge is 0.344 e. The quantitative estimate of drug-likeness (QED) is 0.826. The third kappa shape index (κ3) is 3.94. The highest BCUT2D eigenvalue weighted by atomic mass is 35.5. The minimum atomic E-state index is -0.997. The molecule has 0 bridgehead atoms. The van der Waals surface area contributed by atoms with Gasteiger partial charge in [0.1, 0.15) is 5.56 Å². The molecule has 1 aromatic carbocycles.